The molecule has 2 heterocycles. The van der Waals surface area contributed by atoms with Crippen LogP contribution in [0.1, 0.15) is 30.1 Å². The fourth-order valence-corrected chi connectivity index (χ4v) is 4.52. The predicted octanol–water partition coefficient (Wildman–Crippen LogP) is 4.81. The summed E-state index contributed by atoms with van der Waals surface area (Å²) in [7, 11) is 1.67. The number of nitrogens with zero attached hydrogens (tertiary/aromatic N) is 2. The second kappa shape index (κ2) is 9.94. The standard InChI is InChI=1S/C24H26N2O4S/c1-3-29-23(27)18-6-10-19(11-7-18)25-24-26(15-21-5-4-14-30-21)22(16-31-24)17-8-12-20(28-2)13-9-17/h6-13,16,21H,3-5,14-15H2,1-2H3. The second-order valence-electron chi connectivity index (χ2n) is 7.26. The first-order valence-corrected chi connectivity index (χ1v) is 11.3. The Kier molecular flexibility index (Phi) is 6.84. The van der Waals surface area contributed by atoms with Crippen LogP contribution in [0.4, 0.5) is 5.69 Å². The Hall–Kier alpha value is -2.90. The van der Waals surface area contributed by atoms with Crippen molar-refractivity contribution in [2.24, 2.45) is 4.99 Å². The third kappa shape index (κ3) is 5.06. The fourth-order valence-electron chi connectivity index (χ4n) is 3.58. The van der Waals surface area contributed by atoms with E-state index in [0.717, 1.165) is 53.5 Å². The van der Waals surface area contributed by atoms with Crippen LogP contribution in [0.2, 0.25) is 0 Å². The Balaban J connectivity index is 1.69. The molecule has 1 aliphatic heterocycles. The Morgan fingerprint density at radius 3 is 2.61 bits per heavy atom. The first-order valence-electron chi connectivity index (χ1n) is 10.4. The van der Waals surface area contributed by atoms with Crippen molar-refractivity contribution in [1.29, 1.82) is 0 Å². The Morgan fingerprint density at radius 2 is 1.97 bits per heavy atom. The number of methoxy groups -OCH3 is 1. The minimum absolute atomic E-state index is 0.191. The monoisotopic (exact) mass is 438 g/mol. The average Bonchev–Trinajstić information content (AvgIpc) is 3.45. The number of ether oxygens (including phenoxy) is 3. The molecule has 0 N–H and O–H groups in total. The molecule has 1 unspecified atom stereocenters. The number of esters is 1. The van der Waals surface area contributed by atoms with Crippen LogP contribution in [0.5, 0.6) is 5.75 Å². The van der Waals surface area contributed by atoms with Crippen LogP contribution in [-0.2, 0) is 16.0 Å². The van der Waals surface area contributed by atoms with Gasteiger partial charge in [-0.05, 0) is 73.9 Å². The van der Waals surface area contributed by atoms with Gasteiger partial charge >= 0.3 is 5.97 Å². The molecular formula is C24H26N2O4S. The highest BCUT2D eigenvalue weighted by atomic mass is 32.1. The van der Waals surface area contributed by atoms with Crippen molar-refractivity contribution in [2.75, 3.05) is 20.3 Å². The summed E-state index contributed by atoms with van der Waals surface area (Å²) in [6, 6.07) is 15.2. The summed E-state index contributed by atoms with van der Waals surface area (Å²) < 4.78 is 18.5. The number of aromatic nitrogens is 1. The fraction of sp³-hybridized carbons (Fsp3) is 0.333. The maximum absolute atomic E-state index is 11.9. The third-order valence-electron chi connectivity index (χ3n) is 5.20. The molecular weight excluding hydrogens is 412 g/mol. The smallest absolute Gasteiger partial charge is 0.338 e. The van der Waals surface area contributed by atoms with Gasteiger partial charge in [-0.3, -0.25) is 0 Å². The molecule has 0 saturated carbocycles. The van der Waals surface area contributed by atoms with E-state index in [1.807, 2.05) is 24.3 Å². The highest BCUT2D eigenvalue weighted by Crippen LogP contribution is 2.25. The first-order chi connectivity index (χ1) is 15.2. The van der Waals surface area contributed by atoms with E-state index in [1.54, 1.807) is 37.5 Å². The van der Waals surface area contributed by atoms with Crippen LogP contribution in [0.25, 0.3) is 11.3 Å². The van der Waals surface area contributed by atoms with Crippen LogP contribution in [-0.4, -0.2) is 37.0 Å². The Bertz CT molecular complexity index is 1080. The molecule has 0 aliphatic carbocycles. The van der Waals surface area contributed by atoms with Crippen LogP contribution < -0.4 is 9.54 Å². The maximum atomic E-state index is 11.9. The van der Waals surface area contributed by atoms with E-state index in [4.69, 9.17) is 19.2 Å². The van der Waals surface area contributed by atoms with Gasteiger partial charge in [0.15, 0.2) is 4.80 Å². The highest BCUT2D eigenvalue weighted by molar-refractivity contribution is 7.07. The highest BCUT2D eigenvalue weighted by Gasteiger charge is 2.19. The van der Waals surface area contributed by atoms with E-state index < -0.39 is 0 Å². The molecule has 3 aromatic rings. The lowest BCUT2D eigenvalue weighted by atomic mass is 10.1. The van der Waals surface area contributed by atoms with E-state index in [9.17, 15) is 4.79 Å². The van der Waals surface area contributed by atoms with Crippen LogP contribution >= 0.6 is 11.3 Å². The van der Waals surface area contributed by atoms with E-state index in [0.29, 0.717) is 12.2 Å². The average molecular weight is 439 g/mol. The van der Waals surface area contributed by atoms with Gasteiger partial charge in [-0.25, -0.2) is 9.79 Å². The van der Waals surface area contributed by atoms with Gasteiger partial charge in [0, 0.05) is 12.0 Å². The van der Waals surface area contributed by atoms with Crippen LogP contribution in [0, 0.1) is 0 Å². The van der Waals surface area contributed by atoms with E-state index >= 15 is 0 Å². The Morgan fingerprint density at radius 1 is 1.19 bits per heavy atom. The first kappa shape index (κ1) is 21.3. The molecule has 4 rings (SSSR count). The van der Waals surface area contributed by atoms with E-state index in [2.05, 4.69) is 22.1 Å². The van der Waals surface area contributed by atoms with Crippen LogP contribution in [0.3, 0.4) is 0 Å². The summed E-state index contributed by atoms with van der Waals surface area (Å²) in [4.78, 5) is 17.6. The molecule has 6 nitrogen and oxygen atoms in total. The molecule has 1 aliphatic rings. The maximum Gasteiger partial charge on any atom is 0.338 e. The summed E-state index contributed by atoms with van der Waals surface area (Å²) in [5.41, 5.74) is 3.52. The van der Waals surface area contributed by atoms with E-state index in [1.165, 1.54) is 0 Å². The molecule has 162 valence electrons. The number of carbonyl (C=O) groups is 1. The van der Waals surface area contributed by atoms with Gasteiger partial charge in [-0.2, -0.15) is 0 Å². The number of rotatable bonds is 7. The van der Waals surface area contributed by atoms with Crippen molar-refractivity contribution in [2.45, 2.75) is 32.4 Å². The zero-order chi connectivity index (χ0) is 21.6. The van der Waals surface area contributed by atoms with Gasteiger partial charge in [0.25, 0.3) is 0 Å². The van der Waals surface area contributed by atoms with Crippen molar-refractivity contribution in [3.8, 4) is 17.0 Å². The lowest BCUT2D eigenvalue weighted by Crippen LogP contribution is -2.24. The lowest BCUT2D eigenvalue weighted by molar-refractivity contribution is 0.0526. The summed E-state index contributed by atoms with van der Waals surface area (Å²) in [5.74, 6) is 0.511. The molecule has 7 heteroatoms. The Labute approximate surface area is 185 Å². The minimum Gasteiger partial charge on any atom is -0.497 e. The normalized spacial score (nSPS) is 16.5. The lowest BCUT2D eigenvalue weighted by Gasteiger charge is -2.14. The summed E-state index contributed by atoms with van der Waals surface area (Å²) in [6.45, 7) is 3.72. The van der Waals surface area contributed by atoms with Gasteiger partial charge in [0.2, 0.25) is 0 Å². The van der Waals surface area contributed by atoms with Gasteiger partial charge < -0.3 is 18.8 Å². The van der Waals surface area contributed by atoms with Gasteiger partial charge in [-0.1, -0.05) is 0 Å². The van der Waals surface area contributed by atoms with Gasteiger partial charge in [0.05, 0.1) is 43.3 Å². The van der Waals surface area contributed by atoms with Crippen molar-refractivity contribution < 1.29 is 19.0 Å². The zero-order valence-corrected chi connectivity index (χ0v) is 18.6. The summed E-state index contributed by atoms with van der Waals surface area (Å²) in [5, 5.41) is 2.13. The largest absolute Gasteiger partial charge is 0.497 e. The van der Waals surface area contributed by atoms with Gasteiger partial charge in [0.1, 0.15) is 5.75 Å². The molecule has 1 aromatic heterocycles. The molecule has 1 saturated heterocycles. The third-order valence-corrected chi connectivity index (χ3v) is 6.06. The molecule has 0 radical (unpaired) electrons. The summed E-state index contributed by atoms with van der Waals surface area (Å²) >= 11 is 1.60. The molecule has 2 aromatic carbocycles. The number of hydrogen-bond donors (Lipinski definition) is 0. The second-order valence-corrected chi connectivity index (χ2v) is 8.09. The molecule has 0 amide bonds. The zero-order valence-electron chi connectivity index (χ0n) is 17.7. The van der Waals surface area contributed by atoms with Gasteiger partial charge in [-0.15, -0.1) is 11.3 Å². The molecule has 1 atom stereocenters. The number of carbonyl (C=O) groups excluding carboxylic acids is 1. The van der Waals surface area contributed by atoms with Crippen molar-refractivity contribution >= 4 is 23.0 Å². The number of hydrogen-bond acceptors (Lipinski definition) is 6. The molecule has 0 bridgehead atoms. The SMILES string of the molecule is CCOC(=O)c1ccc(N=c2scc(-c3ccc(OC)cc3)n2CC2CCCO2)cc1. The summed E-state index contributed by atoms with van der Waals surface area (Å²) in [6.07, 6.45) is 2.34. The number of thiazole rings is 1. The quantitative estimate of drug-likeness (QED) is 0.497. The van der Waals surface area contributed by atoms with Crippen molar-refractivity contribution in [1.82, 2.24) is 4.57 Å². The molecule has 1 fully saturated rings. The van der Waals surface area contributed by atoms with Crippen molar-refractivity contribution in [3.63, 3.8) is 0 Å². The molecule has 31 heavy (non-hydrogen) atoms. The van der Waals surface area contributed by atoms with Crippen LogP contribution in [0.15, 0.2) is 58.9 Å². The molecule has 0 spiro atoms. The minimum atomic E-state index is -0.319. The number of benzene rings is 2. The topological polar surface area (TPSA) is 62.0 Å². The van der Waals surface area contributed by atoms with Crippen molar-refractivity contribution in [3.05, 3.63) is 64.3 Å². The predicted molar refractivity (Wildman–Crippen MR) is 121 cm³/mol. The van der Waals surface area contributed by atoms with E-state index in [-0.39, 0.29) is 12.1 Å².